The molecule has 1 N–H and O–H groups in total. The van der Waals surface area contributed by atoms with E-state index in [2.05, 4.69) is 31.1 Å². The molecule has 1 rings (SSSR count). The minimum Gasteiger partial charge on any atom is -0.358 e. The summed E-state index contributed by atoms with van der Waals surface area (Å²) in [5.41, 5.74) is -0.702. The Balaban J connectivity index is 2.56. The van der Waals surface area contributed by atoms with Crippen molar-refractivity contribution in [3.8, 4) is 0 Å². The Labute approximate surface area is 111 Å². The zero-order valence-corrected chi connectivity index (χ0v) is 11.7. The molecular weight excluding hydrogens is 255 g/mol. The fourth-order valence-electron chi connectivity index (χ4n) is 1.49. The summed E-state index contributed by atoms with van der Waals surface area (Å²) in [5.74, 6) is 0.531. The first-order valence-corrected chi connectivity index (χ1v) is 6.09. The third kappa shape index (κ3) is 5.46. The first-order chi connectivity index (χ1) is 8.59. The van der Waals surface area contributed by atoms with Gasteiger partial charge in [-0.15, -0.1) is 0 Å². The molecule has 19 heavy (non-hydrogen) atoms. The van der Waals surface area contributed by atoms with Gasteiger partial charge in [0.1, 0.15) is 5.82 Å². The standard InChI is InChI=1S/C13H20F3N3/c1-12(2,3)18-7-8-19(4)11-6-5-10(9-17-11)13(14,15)16/h5-6,9,18H,7-8H2,1-4H3. The van der Waals surface area contributed by atoms with Crippen LogP contribution in [0.1, 0.15) is 26.3 Å². The normalized spacial score (nSPS) is 12.6. The Morgan fingerprint density at radius 1 is 1.21 bits per heavy atom. The van der Waals surface area contributed by atoms with E-state index in [0.29, 0.717) is 12.4 Å². The third-order valence-electron chi connectivity index (χ3n) is 2.57. The van der Waals surface area contributed by atoms with Gasteiger partial charge in [0, 0.05) is 31.9 Å². The van der Waals surface area contributed by atoms with Crippen LogP contribution in [0.15, 0.2) is 18.3 Å². The maximum atomic E-state index is 12.4. The number of nitrogens with zero attached hydrogens (tertiary/aromatic N) is 2. The molecule has 6 heteroatoms. The molecule has 0 atom stereocenters. The van der Waals surface area contributed by atoms with Gasteiger partial charge in [-0.25, -0.2) is 4.98 Å². The topological polar surface area (TPSA) is 28.2 Å². The Morgan fingerprint density at radius 3 is 2.26 bits per heavy atom. The number of rotatable bonds is 4. The summed E-state index contributed by atoms with van der Waals surface area (Å²) in [7, 11) is 1.81. The minimum atomic E-state index is -4.34. The van der Waals surface area contributed by atoms with Crippen LogP contribution in [0.4, 0.5) is 19.0 Å². The van der Waals surface area contributed by atoms with Crippen LogP contribution in [-0.4, -0.2) is 30.7 Å². The van der Waals surface area contributed by atoms with Crippen molar-refractivity contribution in [2.24, 2.45) is 0 Å². The van der Waals surface area contributed by atoms with Crippen LogP contribution >= 0.6 is 0 Å². The molecule has 0 bridgehead atoms. The molecule has 0 aliphatic heterocycles. The second-order valence-corrected chi connectivity index (χ2v) is 5.50. The van der Waals surface area contributed by atoms with E-state index in [1.54, 1.807) is 7.05 Å². The third-order valence-corrected chi connectivity index (χ3v) is 2.57. The number of hydrogen-bond donors (Lipinski definition) is 1. The molecule has 108 valence electrons. The van der Waals surface area contributed by atoms with E-state index in [-0.39, 0.29) is 5.54 Å². The molecule has 0 saturated carbocycles. The van der Waals surface area contributed by atoms with Crippen molar-refractivity contribution < 1.29 is 13.2 Å². The van der Waals surface area contributed by atoms with E-state index in [1.807, 2.05) is 4.90 Å². The Hall–Kier alpha value is -1.30. The number of halogens is 3. The summed E-state index contributed by atoms with van der Waals surface area (Å²) in [5, 5.41) is 3.31. The van der Waals surface area contributed by atoms with Crippen molar-refractivity contribution in [2.75, 3.05) is 25.0 Å². The fraction of sp³-hybridized carbons (Fsp3) is 0.615. The summed E-state index contributed by atoms with van der Waals surface area (Å²) >= 11 is 0. The van der Waals surface area contributed by atoms with Crippen LogP contribution in [-0.2, 0) is 6.18 Å². The molecular formula is C13H20F3N3. The van der Waals surface area contributed by atoms with Gasteiger partial charge in [0.2, 0.25) is 0 Å². The summed E-state index contributed by atoms with van der Waals surface area (Å²) in [6.45, 7) is 7.59. The molecule has 1 aromatic heterocycles. The van der Waals surface area contributed by atoms with Gasteiger partial charge in [-0.05, 0) is 32.9 Å². The molecule has 1 aromatic rings. The molecule has 0 radical (unpaired) electrons. The second kappa shape index (κ2) is 5.77. The van der Waals surface area contributed by atoms with Crippen LogP contribution in [0.25, 0.3) is 0 Å². The molecule has 0 aliphatic carbocycles. The average Bonchev–Trinajstić information content (AvgIpc) is 2.26. The van der Waals surface area contributed by atoms with Crippen LogP contribution in [0.3, 0.4) is 0 Å². The minimum absolute atomic E-state index is 0.0222. The van der Waals surface area contributed by atoms with Crippen LogP contribution < -0.4 is 10.2 Å². The highest BCUT2D eigenvalue weighted by Crippen LogP contribution is 2.29. The molecule has 0 amide bonds. The lowest BCUT2D eigenvalue weighted by molar-refractivity contribution is -0.137. The zero-order valence-electron chi connectivity index (χ0n) is 11.7. The maximum Gasteiger partial charge on any atom is 0.417 e. The molecule has 0 spiro atoms. The van der Waals surface area contributed by atoms with Gasteiger partial charge < -0.3 is 10.2 Å². The lowest BCUT2D eigenvalue weighted by Gasteiger charge is -2.24. The molecule has 3 nitrogen and oxygen atoms in total. The molecule has 0 unspecified atom stereocenters. The lowest BCUT2D eigenvalue weighted by Crippen LogP contribution is -2.40. The van der Waals surface area contributed by atoms with Crippen molar-refractivity contribution in [1.82, 2.24) is 10.3 Å². The summed E-state index contributed by atoms with van der Waals surface area (Å²) < 4.78 is 37.2. The zero-order chi connectivity index (χ0) is 14.7. The van der Waals surface area contributed by atoms with Gasteiger partial charge in [0.15, 0.2) is 0 Å². The number of alkyl halides is 3. The number of anilines is 1. The second-order valence-electron chi connectivity index (χ2n) is 5.50. The van der Waals surface area contributed by atoms with Crippen molar-refractivity contribution in [1.29, 1.82) is 0 Å². The highest BCUT2D eigenvalue weighted by Gasteiger charge is 2.30. The number of aromatic nitrogens is 1. The highest BCUT2D eigenvalue weighted by molar-refractivity contribution is 5.38. The smallest absolute Gasteiger partial charge is 0.358 e. The summed E-state index contributed by atoms with van der Waals surface area (Å²) in [6.07, 6.45) is -3.47. The van der Waals surface area contributed by atoms with Gasteiger partial charge in [0.25, 0.3) is 0 Å². The van der Waals surface area contributed by atoms with Crippen molar-refractivity contribution >= 4 is 5.82 Å². The number of nitrogens with one attached hydrogen (secondary N) is 1. The van der Waals surface area contributed by atoms with Crippen molar-refractivity contribution in [3.63, 3.8) is 0 Å². The van der Waals surface area contributed by atoms with Gasteiger partial charge in [-0.3, -0.25) is 0 Å². The predicted molar refractivity (Wildman–Crippen MR) is 70.3 cm³/mol. The molecule has 0 saturated heterocycles. The van der Waals surface area contributed by atoms with E-state index < -0.39 is 11.7 Å². The SMILES string of the molecule is CN(CCNC(C)(C)C)c1ccc(C(F)(F)F)cn1. The van der Waals surface area contributed by atoms with Crippen molar-refractivity contribution in [3.05, 3.63) is 23.9 Å². The van der Waals surface area contributed by atoms with Gasteiger partial charge >= 0.3 is 6.18 Å². The first-order valence-electron chi connectivity index (χ1n) is 6.09. The maximum absolute atomic E-state index is 12.4. The first kappa shape index (κ1) is 15.8. The highest BCUT2D eigenvalue weighted by atomic mass is 19.4. The monoisotopic (exact) mass is 275 g/mol. The summed E-state index contributed by atoms with van der Waals surface area (Å²) in [4.78, 5) is 5.66. The number of pyridine rings is 1. The molecule has 0 aromatic carbocycles. The largest absolute Gasteiger partial charge is 0.417 e. The van der Waals surface area contributed by atoms with E-state index >= 15 is 0 Å². The Morgan fingerprint density at radius 2 is 1.84 bits per heavy atom. The predicted octanol–water partition coefficient (Wildman–Crippen LogP) is 2.92. The van der Waals surface area contributed by atoms with Gasteiger partial charge in [0.05, 0.1) is 5.56 Å². The quantitative estimate of drug-likeness (QED) is 0.915. The number of hydrogen-bond acceptors (Lipinski definition) is 3. The molecule has 1 heterocycles. The Kier molecular flexibility index (Phi) is 4.79. The Bertz CT molecular complexity index is 393. The summed E-state index contributed by atoms with van der Waals surface area (Å²) in [6, 6.07) is 2.44. The van der Waals surface area contributed by atoms with E-state index in [9.17, 15) is 13.2 Å². The van der Waals surface area contributed by atoms with Crippen molar-refractivity contribution in [2.45, 2.75) is 32.5 Å². The molecule has 0 aliphatic rings. The number of likely N-dealkylation sites (N-methyl/N-ethyl adjacent to an activating group) is 1. The van der Waals surface area contributed by atoms with Crippen LogP contribution in [0.2, 0.25) is 0 Å². The van der Waals surface area contributed by atoms with Gasteiger partial charge in [-0.2, -0.15) is 13.2 Å². The van der Waals surface area contributed by atoms with Gasteiger partial charge in [-0.1, -0.05) is 0 Å². The lowest BCUT2D eigenvalue weighted by atomic mass is 10.1. The van der Waals surface area contributed by atoms with E-state index in [0.717, 1.165) is 18.8 Å². The van der Waals surface area contributed by atoms with Crippen LogP contribution in [0, 0.1) is 0 Å². The average molecular weight is 275 g/mol. The van der Waals surface area contributed by atoms with E-state index in [1.165, 1.54) is 6.07 Å². The fourth-order valence-corrected chi connectivity index (χ4v) is 1.49. The van der Waals surface area contributed by atoms with Crippen LogP contribution in [0.5, 0.6) is 0 Å². The molecule has 0 fully saturated rings. The van der Waals surface area contributed by atoms with E-state index in [4.69, 9.17) is 0 Å².